The van der Waals surface area contributed by atoms with Gasteiger partial charge in [-0.05, 0) is 54.4 Å². The lowest BCUT2D eigenvalue weighted by atomic mass is 10.2. The van der Waals surface area contributed by atoms with E-state index in [0.717, 1.165) is 11.4 Å². The van der Waals surface area contributed by atoms with Crippen molar-refractivity contribution in [3.05, 3.63) is 59.1 Å². The lowest BCUT2D eigenvalue weighted by Crippen LogP contribution is -2.11. The predicted molar refractivity (Wildman–Crippen MR) is 86.2 cm³/mol. The van der Waals surface area contributed by atoms with Gasteiger partial charge in [-0.2, -0.15) is 0 Å². The van der Waals surface area contributed by atoms with Crippen molar-refractivity contribution >= 4 is 23.2 Å². The normalized spacial score (nSPS) is 10.5. The number of nitrogens with one attached hydrogen (secondary N) is 1. The Bertz CT molecular complexity index is 591. The Morgan fingerprint density at radius 3 is 2.29 bits per heavy atom. The van der Waals surface area contributed by atoms with Crippen LogP contribution in [0.1, 0.15) is 24.2 Å². The van der Waals surface area contributed by atoms with E-state index in [1.165, 1.54) is 0 Å². The summed E-state index contributed by atoms with van der Waals surface area (Å²) in [5.74, 6) is 1.12. The summed E-state index contributed by atoms with van der Waals surface area (Å²) in [6, 6.07) is 14.1. The van der Waals surface area contributed by atoms with E-state index in [1.807, 2.05) is 24.3 Å². The number of hydrogen-bond donors (Lipinski definition) is 1. The molecule has 0 aromatic heterocycles. The number of rotatable bonds is 5. The molecule has 0 saturated carbocycles. The molecule has 0 aliphatic carbocycles. The standard InChI is InChI=1S/C17H18ClNO2/c1-12(2)11-21-16-9-7-15(8-10-16)19-17(20)13-3-5-14(18)6-4-13/h3-10,12H,11H2,1-2H3,(H,19,20). The van der Waals surface area contributed by atoms with E-state index >= 15 is 0 Å². The molecule has 0 aliphatic heterocycles. The first kappa shape index (κ1) is 15.4. The Morgan fingerprint density at radius 1 is 1.10 bits per heavy atom. The minimum absolute atomic E-state index is 0.164. The SMILES string of the molecule is CC(C)COc1ccc(NC(=O)c2ccc(Cl)cc2)cc1. The number of amides is 1. The van der Waals surface area contributed by atoms with Crippen LogP contribution < -0.4 is 10.1 Å². The first-order chi connectivity index (χ1) is 10.0. The predicted octanol–water partition coefficient (Wildman–Crippen LogP) is 4.63. The summed E-state index contributed by atoms with van der Waals surface area (Å²) in [5.41, 5.74) is 1.30. The summed E-state index contributed by atoms with van der Waals surface area (Å²) in [6.45, 7) is 4.87. The summed E-state index contributed by atoms with van der Waals surface area (Å²) in [5, 5.41) is 3.44. The average molecular weight is 304 g/mol. The highest BCUT2D eigenvalue weighted by Gasteiger charge is 2.06. The lowest BCUT2D eigenvalue weighted by molar-refractivity contribution is 0.102. The van der Waals surface area contributed by atoms with Crippen LogP contribution in [0, 0.1) is 5.92 Å². The molecule has 2 rings (SSSR count). The fourth-order valence-electron chi connectivity index (χ4n) is 1.70. The second-order valence-electron chi connectivity index (χ2n) is 5.19. The molecule has 0 unspecified atom stereocenters. The Kier molecular flexibility index (Phi) is 5.23. The van der Waals surface area contributed by atoms with E-state index in [2.05, 4.69) is 19.2 Å². The number of anilines is 1. The van der Waals surface area contributed by atoms with Crippen LogP contribution in [0.3, 0.4) is 0 Å². The molecule has 0 heterocycles. The topological polar surface area (TPSA) is 38.3 Å². The van der Waals surface area contributed by atoms with Crippen LogP contribution in [0.2, 0.25) is 5.02 Å². The van der Waals surface area contributed by atoms with Crippen molar-refractivity contribution in [3.63, 3.8) is 0 Å². The van der Waals surface area contributed by atoms with Gasteiger partial charge in [0.25, 0.3) is 5.91 Å². The summed E-state index contributed by atoms with van der Waals surface area (Å²) in [7, 11) is 0. The highest BCUT2D eigenvalue weighted by atomic mass is 35.5. The molecule has 0 aliphatic rings. The molecule has 0 atom stereocenters. The lowest BCUT2D eigenvalue weighted by Gasteiger charge is -2.10. The van der Waals surface area contributed by atoms with Crippen LogP contribution in [0.25, 0.3) is 0 Å². The maximum absolute atomic E-state index is 12.0. The Labute approximate surface area is 129 Å². The fraction of sp³-hybridized carbons (Fsp3) is 0.235. The van der Waals surface area contributed by atoms with Crippen molar-refractivity contribution < 1.29 is 9.53 Å². The number of hydrogen-bond acceptors (Lipinski definition) is 2. The summed E-state index contributed by atoms with van der Waals surface area (Å²) < 4.78 is 5.60. The van der Waals surface area contributed by atoms with Crippen molar-refractivity contribution in [2.75, 3.05) is 11.9 Å². The van der Waals surface area contributed by atoms with Crippen LogP contribution in [0.4, 0.5) is 5.69 Å². The molecule has 1 N–H and O–H groups in total. The van der Waals surface area contributed by atoms with Gasteiger partial charge in [0.1, 0.15) is 5.75 Å². The van der Waals surface area contributed by atoms with Crippen LogP contribution in [0.15, 0.2) is 48.5 Å². The molecule has 110 valence electrons. The van der Waals surface area contributed by atoms with Gasteiger partial charge < -0.3 is 10.1 Å². The number of carbonyl (C=O) groups is 1. The van der Waals surface area contributed by atoms with Gasteiger partial charge in [0.05, 0.1) is 6.61 Å². The fourth-order valence-corrected chi connectivity index (χ4v) is 1.83. The molecule has 0 spiro atoms. The zero-order valence-corrected chi connectivity index (χ0v) is 12.9. The second-order valence-corrected chi connectivity index (χ2v) is 5.63. The van der Waals surface area contributed by atoms with E-state index in [1.54, 1.807) is 24.3 Å². The maximum Gasteiger partial charge on any atom is 0.255 e. The van der Waals surface area contributed by atoms with E-state index < -0.39 is 0 Å². The minimum atomic E-state index is -0.164. The second kappa shape index (κ2) is 7.14. The van der Waals surface area contributed by atoms with Gasteiger partial charge in [0.2, 0.25) is 0 Å². The molecular weight excluding hydrogens is 286 g/mol. The van der Waals surface area contributed by atoms with Gasteiger partial charge in [-0.25, -0.2) is 0 Å². The first-order valence-electron chi connectivity index (χ1n) is 6.84. The third-order valence-corrected chi connectivity index (χ3v) is 3.05. The number of benzene rings is 2. The monoisotopic (exact) mass is 303 g/mol. The molecule has 2 aromatic rings. The van der Waals surface area contributed by atoms with Crippen LogP contribution in [0.5, 0.6) is 5.75 Å². The first-order valence-corrected chi connectivity index (χ1v) is 7.22. The van der Waals surface area contributed by atoms with Crippen molar-refractivity contribution in [1.29, 1.82) is 0 Å². The third kappa shape index (κ3) is 4.80. The van der Waals surface area contributed by atoms with E-state index in [9.17, 15) is 4.79 Å². The Balaban J connectivity index is 1.96. The highest BCUT2D eigenvalue weighted by Crippen LogP contribution is 2.17. The number of carbonyl (C=O) groups excluding carboxylic acids is 1. The van der Waals surface area contributed by atoms with Crippen LogP contribution >= 0.6 is 11.6 Å². The maximum atomic E-state index is 12.0. The van der Waals surface area contributed by atoms with Crippen molar-refractivity contribution in [2.45, 2.75) is 13.8 Å². The van der Waals surface area contributed by atoms with Gasteiger partial charge in [-0.3, -0.25) is 4.79 Å². The molecule has 3 nitrogen and oxygen atoms in total. The molecule has 4 heteroatoms. The average Bonchev–Trinajstić information content (AvgIpc) is 2.47. The van der Waals surface area contributed by atoms with Crippen LogP contribution in [-0.2, 0) is 0 Å². The summed E-state index contributed by atoms with van der Waals surface area (Å²) >= 11 is 5.80. The van der Waals surface area contributed by atoms with Gasteiger partial charge in [-0.1, -0.05) is 25.4 Å². The molecule has 0 radical (unpaired) electrons. The van der Waals surface area contributed by atoms with Gasteiger partial charge in [0, 0.05) is 16.3 Å². The smallest absolute Gasteiger partial charge is 0.255 e. The molecule has 0 bridgehead atoms. The zero-order chi connectivity index (χ0) is 15.2. The Hall–Kier alpha value is -2.00. The molecule has 2 aromatic carbocycles. The number of ether oxygens (including phenoxy) is 1. The molecular formula is C17H18ClNO2. The Morgan fingerprint density at radius 2 is 1.71 bits per heavy atom. The van der Waals surface area contributed by atoms with Crippen molar-refractivity contribution in [1.82, 2.24) is 0 Å². The summed E-state index contributed by atoms with van der Waals surface area (Å²) in [4.78, 5) is 12.0. The van der Waals surface area contributed by atoms with Crippen molar-refractivity contribution in [3.8, 4) is 5.75 Å². The van der Waals surface area contributed by atoms with E-state index in [0.29, 0.717) is 23.1 Å². The van der Waals surface area contributed by atoms with E-state index in [-0.39, 0.29) is 5.91 Å². The quantitative estimate of drug-likeness (QED) is 0.874. The third-order valence-electron chi connectivity index (χ3n) is 2.80. The van der Waals surface area contributed by atoms with Gasteiger partial charge >= 0.3 is 0 Å². The largest absolute Gasteiger partial charge is 0.493 e. The van der Waals surface area contributed by atoms with Crippen LogP contribution in [-0.4, -0.2) is 12.5 Å². The molecule has 1 amide bonds. The van der Waals surface area contributed by atoms with Crippen molar-refractivity contribution in [2.24, 2.45) is 5.92 Å². The number of halogens is 1. The molecule has 0 fully saturated rings. The van der Waals surface area contributed by atoms with Gasteiger partial charge in [0.15, 0.2) is 0 Å². The van der Waals surface area contributed by atoms with E-state index in [4.69, 9.17) is 16.3 Å². The summed E-state index contributed by atoms with van der Waals surface area (Å²) in [6.07, 6.45) is 0. The molecule has 0 saturated heterocycles. The zero-order valence-electron chi connectivity index (χ0n) is 12.1. The molecule has 21 heavy (non-hydrogen) atoms. The van der Waals surface area contributed by atoms with Gasteiger partial charge in [-0.15, -0.1) is 0 Å². The highest BCUT2D eigenvalue weighted by molar-refractivity contribution is 6.30. The minimum Gasteiger partial charge on any atom is -0.493 e.